The standard InChI is InChI=1S/C16H22N2O5S/c1-3-4-5-14-15(19)18(16(20)17-14)10-11-23-12-6-8-13(9-7-12)24(2,21)22/h6-9,14H,3-5,10-11H2,1-2H3,(H,17,20)/t14-/m1/s1. The summed E-state index contributed by atoms with van der Waals surface area (Å²) in [6.07, 6.45) is 3.63. The first-order valence-electron chi connectivity index (χ1n) is 7.87. The summed E-state index contributed by atoms with van der Waals surface area (Å²) in [7, 11) is -3.24. The molecule has 0 aromatic heterocycles. The molecular formula is C16H22N2O5S. The Morgan fingerprint density at radius 3 is 2.46 bits per heavy atom. The highest BCUT2D eigenvalue weighted by Crippen LogP contribution is 2.16. The normalized spacial score (nSPS) is 17.9. The Bertz CT molecular complexity index is 700. The van der Waals surface area contributed by atoms with Crippen LogP contribution in [-0.2, 0) is 14.6 Å². The van der Waals surface area contributed by atoms with Crippen LogP contribution in [0, 0.1) is 0 Å². The van der Waals surface area contributed by atoms with Crippen LogP contribution in [0.1, 0.15) is 26.2 Å². The molecule has 0 unspecified atom stereocenters. The smallest absolute Gasteiger partial charge is 0.324 e. The molecule has 1 saturated heterocycles. The minimum absolute atomic E-state index is 0.151. The van der Waals surface area contributed by atoms with E-state index in [0.717, 1.165) is 24.0 Å². The summed E-state index contributed by atoms with van der Waals surface area (Å²) in [6.45, 7) is 2.33. The van der Waals surface area contributed by atoms with Crippen LogP contribution in [0.4, 0.5) is 4.79 Å². The van der Waals surface area contributed by atoms with E-state index in [1.54, 1.807) is 12.1 Å². The molecule has 1 aliphatic rings. The summed E-state index contributed by atoms with van der Waals surface area (Å²) in [6, 6.07) is 5.18. The number of carbonyl (C=O) groups excluding carboxylic acids is 2. The third-order valence-corrected chi connectivity index (χ3v) is 4.92. The molecule has 0 bridgehead atoms. The number of nitrogens with one attached hydrogen (secondary N) is 1. The van der Waals surface area contributed by atoms with Crippen molar-refractivity contribution in [1.29, 1.82) is 0 Å². The summed E-state index contributed by atoms with van der Waals surface area (Å²) in [5.41, 5.74) is 0. The Labute approximate surface area is 141 Å². The molecule has 0 spiro atoms. The van der Waals surface area contributed by atoms with Crippen molar-refractivity contribution in [2.45, 2.75) is 37.1 Å². The molecule has 8 heteroatoms. The number of rotatable bonds is 8. The number of sulfone groups is 1. The molecule has 1 aromatic rings. The lowest BCUT2D eigenvalue weighted by molar-refractivity contribution is -0.127. The fourth-order valence-corrected chi connectivity index (χ4v) is 3.06. The molecule has 1 N–H and O–H groups in total. The summed E-state index contributed by atoms with van der Waals surface area (Å²) >= 11 is 0. The average Bonchev–Trinajstić information content (AvgIpc) is 2.80. The largest absolute Gasteiger partial charge is 0.492 e. The maximum absolute atomic E-state index is 12.1. The predicted octanol–water partition coefficient (Wildman–Crippen LogP) is 1.58. The van der Waals surface area contributed by atoms with E-state index < -0.39 is 21.9 Å². The van der Waals surface area contributed by atoms with E-state index in [-0.39, 0.29) is 24.0 Å². The quantitative estimate of drug-likeness (QED) is 0.716. The van der Waals surface area contributed by atoms with Gasteiger partial charge in [-0.3, -0.25) is 9.69 Å². The third-order valence-electron chi connectivity index (χ3n) is 3.79. The van der Waals surface area contributed by atoms with Gasteiger partial charge in [0.05, 0.1) is 11.4 Å². The Morgan fingerprint density at radius 1 is 1.21 bits per heavy atom. The van der Waals surface area contributed by atoms with Gasteiger partial charge in [-0.15, -0.1) is 0 Å². The van der Waals surface area contributed by atoms with Crippen LogP contribution in [0.2, 0.25) is 0 Å². The average molecular weight is 354 g/mol. The van der Waals surface area contributed by atoms with Crippen molar-refractivity contribution in [2.75, 3.05) is 19.4 Å². The predicted molar refractivity (Wildman–Crippen MR) is 88.6 cm³/mol. The molecular weight excluding hydrogens is 332 g/mol. The molecule has 132 valence electrons. The van der Waals surface area contributed by atoms with E-state index >= 15 is 0 Å². The molecule has 0 aliphatic carbocycles. The minimum atomic E-state index is -3.24. The zero-order valence-electron chi connectivity index (χ0n) is 13.8. The van der Waals surface area contributed by atoms with Gasteiger partial charge in [-0.2, -0.15) is 0 Å². The second kappa shape index (κ2) is 7.65. The van der Waals surface area contributed by atoms with Gasteiger partial charge in [-0.05, 0) is 30.7 Å². The number of unbranched alkanes of at least 4 members (excludes halogenated alkanes) is 1. The van der Waals surface area contributed by atoms with Crippen LogP contribution >= 0.6 is 0 Å². The Balaban J connectivity index is 1.85. The molecule has 1 aliphatic heterocycles. The van der Waals surface area contributed by atoms with Crippen LogP contribution in [0.5, 0.6) is 5.75 Å². The maximum atomic E-state index is 12.1. The number of imide groups is 1. The van der Waals surface area contributed by atoms with Crippen molar-refractivity contribution >= 4 is 21.8 Å². The molecule has 7 nitrogen and oxygen atoms in total. The van der Waals surface area contributed by atoms with E-state index in [0.29, 0.717) is 12.2 Å². The van der Waals surface area contributed by atoms with Gasteiger partial charge in [0.2, 0.25) is 0 Å². The molecule has 1 fully saturated rings. The van der Waals surface area contributed by atoms with E-state index in [1.807, 2.05) is 6.92 Å². The zero-order valence-corrected chi connectivity index (χ0v) is 14.6. The van der Waals surface area contributed by atoms with Crippen molar-refractivity contribution in [3.05, 3.63) is 24.3 Å². The van der Waals surface area contributed by atoms with Crippen molar-refractivity contribution < 1.29 is 22.7 Å². The first kappa shape index (κ1) is 18.3. The Kier molecular flexibility index (Phi) is 5.82. The topological polar surface area (TPSA) is 92.8 Å². The van der Waals surface area contributed by atoms with Crippen molar-refractivity contribution in [2.24, 2.45) is 0 Å². The highest BCUT2D eigenvalue weighted by atomic mass is 32.2. The number of urea groups is 1. The molecule has 2 rings (SSSR count). The maximum Gasteiger partial charge on any atom is 0.324 e. The number of amides is 3. The van der Waals surface area contributed by atoms with Crippen LogP contribution in [0.3, 0.4) is 0 Å². The zero-order chi connectivity index (χ0) is 17.7. The van der Waals surface area contributed by atoms with Gasteiger partial charge in [-0.1, -0.05) is 19.8 Å². The van der Waals surface area contributed by atoms with Gasteiger partial charge >= 0.3 is 6.03 Å². The molecule has 24 heavy (non-hydrogen) atoms. The number of carbonyl (C=O) groups is 2. The van der Waals surface area contributed by atoms with Gasteiger partial charge in [0.1, 0.15) is 18.4 Å². The van der Waals surface area contributed by atoms with Crippen LogP contribution < -0.4 is 10.1 Å². The minimum Gasteiger partial charge on any atom is -0.492 e. The van der Waals surface area contributed by atoms with Crippen molar-refractivity contribution in [3.8, 4) is 5.75 Å². The lowest BCUT2D eigenvalue weighted by Gasteiger charge is -2.14. The number of benzene rings is 1. The van der Waals surface area contributed by atoms with Crippen molar-refractivity contribution in [3.63, 3.8) is 0 Å². The third kappa shape index (κ3) is 4.47. The van der Waals surface area contributed by atoms with Crippen LogP contribution in [-0.4, -0.2) is 50.7 Å². The van der Waals surface area contributed by atoms with Gasteiger partial charge in [-0.25, -0.2) is 13.2 Å². The second-order valence-electron chi connectivity index (χ2n) is 5.73. The van der Waals surface area contributed by atoms with E-state index in [1.165, 1.54) is 12.1 Å². The number of ether oxygens (including phenoxy) is 1. The van der Waals surface area contributed by atoms with Gasteiger partial charge in [0.25, 0.3) is 5.91 Å². The lowest BCUT2D eigenvalue weighted by Crippen LogP contribution is -2.35. The van der Waals surface area contributed by atoms with E-state index in [4.69, 9.17) is 4.74 Å². The summed E-state index contributed by atoms with van der Waals surface area (Å²) in [5, 5.41) is 2.68. The van der Waals surface area contributed by atoms with E-state index in [9.17, 15) is 18.0 Å². The fourth-order valence-electron chi connectivity index (χ4n) is 2.43. The molecule has 0 saturated carbocycles. The monoisotopic (exact) mass is 354 g/mol. The SMILES string of the molecule is CCCC[C@H]1NC(=O)N(CCOc2ccc(S(C)(=O)=O)cc2)C1=O. The van der Waals surface area contributed by atoms with Gasteiger partial charge < -0.3 is 10.1 Å². The molecule has 0 radical (unpaired) electrons. The molecule has 1 heterocycles. The number of nitrogens with zero attached hydrogens (tertiary/aromatic N) is 1. The summed E-state index contributed by atoms with van der Waals surface area (Å²) < 4.78 is 28.2. The van der Waals surface area contributed by atoms with Crippen LogP contribution in [0.25, 0.3) is 0 Å². The van der Waals surface area contributed by atoms with Crippen LogP contribution in [0.15, 0.2) is 29.2 Å². The Morgan fingerprint density at radius 2 is 1.88 bits per heavy atom. The highest BCUT2D eigenvalue weighted by Gasteiger charge is 2.36. The molecule has 3 amide bonds. The number of hydrogen-bond acceptors (Lipinski definition) is 5. The van der Waals surface area contributed by atoms with Gasteiger partial charge in [0.15, 0.2) is 9.84 Å². The first-order valence-corrected chi connectivity index (χ1v) is 9.77. The number of hydrogen-bond donors (Lipinski definition) is 1. The summed E-state index contributed by atoms with van der Waals surface area (Å²) in [4.78, 5) is 25.3. The van der Waals surface area contributed by atoms with E-state index in [2.05, 4.69) is 5.32 Å². The Hall–Kier alpha value is -2.09. The molecule has 1 aromatic carbocycles. The second-order valence-corrected chi connectivity index (χ2v) is 7.74. The fraction of sp³-hybridized carbons (Fsp3) is 0.500. The van der Waals surface area contributed by atoms with Gasteiger partial charge in [0, 0.05) is 6.26 Å². The lowest BCUT2D eigenvalue weighted by atomic mass is 10.1. The van der Waals surface area contributed by atoms with Crippen molar-refractivity contribution in [1.82, 2.24) is 10.2 Å². The molecule has 1 atom stereocenters. The first-order chi connectivity index (χ1) is 11.3. The summed E-state index contributed by atoms with van der Waals surface area (Å²) in [5.74, 6) is 0.265. The highest BCUT2D eigenvalue weighted by molar-refractivity contribution is 7.90.